The number of ether oxygens (including phenoxy) is 1. The van der Waals surface area contributed by atoms with Crippen LogP contribution in [0.1, 0.15) is 54.0 Å². The fourth-order valence-electron chi connectivity index (χ4n) is 7.35. The second-order valence-electron chi connectivity index (χ2n) is 12.5. The minimum atomic E-state index is -3.98. The number of nitrogens with zero attached hydrogens (tertiary/aromatic N) is 1. The van der Waals surface area contributed by atoms with E-state index in [0.29, 0.717) is 22.6 Å². The van der Waals surface area contributed by atoms with E-state index in [1.807, 2.05) is 0 Å². The fraction of sp³-hybridized carbons (Fsp3) is 0.485. The highest BCUT2D eigenvalue weighted by Gasteiger charge is 2.66. The molecule has 2 aromatic rings. The van der Waals surface area contributed by atoms with Gasteiger partial charge < -0.3 is 39.9 Å². The molecular weight excluding hydrogens is 645 g/mol. The number of carbonyl (C=O) groups excluding carboxylic acids is 5. The Balaban J connectivity index is 1.63. The number of nitrogens with one attached hydrogen (secondary N) is 1. The Bertz CT molecular complexity index is 1720. The zero-order valence-electron chi connectivity index (χ0n) is 27.3. The van der Waals surface area contributed by atoms with Gasteiger partial charge in [-0.2, -0.15) is 0 Å². The van der Waals surface area contributed by atoms with Crippen LogP contribution in [0.4, 0.5) is 11.4 Å². The summed E-state index contributed by atoms with van der Waals surface area (Å²) in [5.41, 5.74) is 3.69. The third-order valence-corrected chi connectivity index (χ3v) is 11.8. The van der Waals surface area contributed by atoms with Crippen LogP contribution in [0.15, 0.2) is 30.3 Å². The number of fused-ring (bicyclic) bond motifs is 3. The van der Waals surface area contributed by atoms with Gasteiger partial charge in [0, 0.05) is 32.1 Å². The van der Waals surface area contributed by atoms with Crippen molar-refractivity contribution >= 4 is 48.0 Å². The summed E-state index contributed by atoms with van der Waals surface area (Å²) in [5.74, 6) is -11.9. The molecule has 2 fully saturated rings. The summed E-state index contributed by atoms with van der Waals surface area (Å²) in [7, 11) is 0.979. The van der Waals surface area contributed by atoms with Crippen LogP contribution in [0.2, 0.25) is 0 Å². The van der Waals surface area contributed by atoms with E-state index in [1.165, 1.54) is 7.11 Å². The Hall–Kier alpha value is -4.10. The molecule has 1 amide bonds. The van der Waals surface area contributed by atoms with Crippen molar-refractivity contribution in [2.45, 2.75) is 44.5 Å². The smallest absolute Gasteiger partial charge is 0.357 e. The largest absolute Gasteiger partial charge is 0.505 e. The number of hydrogen-bond donors (Lipinski definition) is 4. The molecule has 3 aliphatic rings. The van der Waals surface area contributed by atoms with E-state index in [1.54, 1.807) is 63.2 Å². The van der Waals surface area contributed by atoms with Gasteiger partial charge in [-0.1, -0.05) is 12.1 Å². The van der Waals surface area contributed by atoms with E-state index in [-0.39, 0.29) is 37.3 Å². The normalized spacial score (nSPS) is 25.9. The van der Waals surface area contributed by atoms with Gasteiger partial charge in [-0.3, -0.25) is 28.5 Å². The topological polar surface area (TPSA) is 212 Å². The minimum absolute atomic E-state index is 0.0160. The van der Waals surface area contributed by atoms with Crippen molar-refractivity contribution in [3.8, 4) is 11.5 Å². The Labute approximate surface area is 277 Å². The summed E-state index contributed by atoms with van der Waals surface area (Å²) in [6.45, 7) is 3.40. The quantitative estimate of drug-likeness (QED) is 0.152. The highest BCUT2D eigenvalue weighted by atomic mass is 31.2. The molecule has 0 saturated heterocycles. The minimum Gasteiger partial charge on any atom is -0.505 e. The van der Waals surface area contributed by atoms with Crippen molar-refractivity contribution in [3.63, 3.8) is 0 Å². The molecule has 5 N–H and O–H groups in total. The van der Waals surface area contributed by atoms with Gasteiger partial charge >= 0.3 is 7.60 Å². The van der Waals surface area contributed by atoms with Gasteiger partial charge in [0.05, 0.1) is 37.5 Å². The maximum atomic E-state index is 14.3. The summed E-state index contributed by atoms with van der Waals surface area (Å²) in [6.07, 6.45) is -0.349. The number of phenolic OH excluding ortho intramolecular Hbond substituents is 1. The van der Waals surface area contributed by atoms with Crippen molar-refractivity contribution < 1.29 is 52.5 Å². The summed E-state index contributed by atoms with van der Waals surface area (Å²) in [5, 5.41) is 26.4. The second kappa shape index (κ2) is 13.1. The lowest BCUT2D eigenvalue weighted by molar-refractivity contribution is -0.175. The third-order valence-electron chi connectivity index (χ3n) is 9.52. The van der Waals surface area contributed by atoms with Gasteiger partial charge in [0.1, 0.15) is 11.5 Å². The number of hydrogen-bond acceptors (Lipinski definition) is 13. The van der Waals surface area contributed by atoms with E-state index in [9.17, 15) is 38.8 Å². The van der Waals surface area contributed by atoms with Crippen molar-refractivity contribution in [1.82, 2.24) is 0 Å². The Kier molecular flexibility index (Phi) is 9.59. The highest BCUT2D eigenvalue weighted by Crippen LogP contribution is 2.62. The molecule has 0 heterocycles. The summed E-state index contributed by atoms with van der Waals surface area (Å²) in [4.78, 5) is 68.0. The standard InChI is InChI=1S/C33H40N3O11P/c1-6-46-48(44,47-7-2)32(16-8-10-19(45-5)11-9-16)35-21-15-22(36(3)4)20-13-17-12-18-14-23(37)26(31(34)42)30(41)33(18,43)29(40)24(17)28(39)25(20)27(21)38/h8-11,15,17-18,24,26,32,35,38,43H,6-7,12-14H2,1-5H3,(H2,34,42)/t17-,18+,24?,26?,32?,33+/m1/s1. The lowest BCUT2D eigenvalue weighted by Gasteiger charge is -2.48. The molecule has 3 aliphatic carbocycles. The summed E-state index contributed by atoms with van der Waals surface area (Å²) in [6, 6.07) is 8.21. The molecule has 6 atom stereocenters. The number of Topliss-reactive ketones (excluding diaryl/α,β-unsaturated/α-hetero) is 4. The average molecular weight is 686 g/mol. The number of primary amides is 1. The lowest BCUT2D eigenvalue weighted by atomic mass is 9.53. The van der Waals surface area contributed by atoms with Crippen molar-refractivity contribution in [2.75, 3.05) is 44.6 Å². The number of benzene rings is 2. The maximum Gasteiger partial charge on any atom is 0.357 e. The van der Waals surface area contributed by atoms with Gasteiger partial charge in [-0.15, -0.1) is 0 Å². The molecule has 0 aliphatic heterocycles. The molecule has 0 aromatic heterocycles. The fourth-order valence-corrected chi connectivity index (χ4v) is 9.28. The van der Waals surface area contributed by atoms with Crippen LogP contribution < -0.4 is 20.7 Å². The molecule has 5 rings (SSSR count). The number of methoxy groups -OCH3 is 1. The third kappa shape index (κ3) is 5.60. The summed E-state index contributed by atoms with van der Waals surface area (Å²) < 4.78 is 30.8. The number of anilines is 2. The van der Waals surface area contributed by atoms with Crippen LogP contribution in [0.5, 0.6) is 11.5 Å². The molecule has 258 valence electrons. The van der Waals surface area contributed by atoms with E-state index < -0.39 is 83.9 Å². The molecular formula is C33H40N3O11P. The molecule has 2 aromatic carbocycles. The second-order valence-corrected chi connectivity index (χ2v) is 14.6. The van der Waals surface area contributed by atoms with Gasteiger partial charge in [0.25, 0.3) is 0 Å². The molecule has 14 nitrogen and oxygen atoms in total. The van der Waals surface area contributed by atoms with E-state index in [2.05, 4.69) is 5.32 Å². The number of rotatable bonds is 11. The van der Waals surface area contributed by atoms with E-state index in [4.69, 9.17) is 19.5 Å². The first-order valence-electron chi connectivity index (χ1n) is 15.7. The van der Waals surface area contributed by atoms with Crippen molar-refractivity contribution in [1.29, 1.82) is 0 Å². The van der Waals surface area contributed by atoms with Gasteiger partial charge in [0.2, 0.25) is 5.91 Å². The first kappa shape index (κ1) is 35.2. The molecule has 0 bridgehead atoms. The first-order valence-corrected chi connectivity index (χ1v) is 17.3. The molecule has 15 heteroatoms. The predicted molar refractivity (Wildman–Crippen MR) is 173 cm³/mol. The Morgan fingerprint density at radius 3 is 2.25 bits per heavy atom. The highest BCUT2D eigenvalue weighted by molar-refractivity contribution is 7.54. The van der Waals surface area contributed by atoms with Gasteiger partial charge in [-0.25, -0.2) is 0 Å². The molecule has 0 spiro atoms. The van der Waals surface area contributed by atoms with Crippen LogP contribution >= 0.6 is 7.60 Å². The maximum absolute atomic E-state index is 14.3. The van der Waals surface area contributed by atoms with Crippen LogP contribution in [-0.2, 0) is 39.2 Å². The molecule has 0 radical (unpaired) electrons. The van der Waals surface area contributed by atoms with Crippen LogP contribution in [0.25, 0.3) is 0 Å². The number of aliphatic hydroxyl groups is 1. The molecule has 2 saturated carbocycles. The number of nitrogens with two attached hydrogens (primary N) is 1. The predicted octanol–water partition coefficient (Wildman–Crippen LogP) is 2.78. The number of amides is 1. The van der Waals surface area contributed by atoms with Crippen LogP contribution in [0.3, 0.4) is 0 Å². The van der Waals surface area contributed by atoms with E-state index in [0.717, 1.165) is 0 Å². The van der Waals surface area contributed by atoms with Gasteiger partial charge in [0.15, 0.2) is 40.4 Å². The monoisotopic (exact) mass is 685 g/mol. The lowest BCUT2D eigenvalue weighted by Crippen LogP contribution is -2.68. The number of phenols is 1. The number of aromatic hydroxyl groups is 1. The SMILES string of the molecule is CCOP(=O)(OCC)C(Nc1cc(N(C)C)c2c(c1O)C(=O)C1C(=O)[C@]3(O)C(=O)C(C(N)=O)C(=O)C[C@@H]3C[C@@H]1C2)c1ccc(OC)cc1. The van der Waals surface area contributed by atoms with Crippen LogP contribution in [0, 0.1) is 23.7 Å². The Morgan fingerprint density at radius 2 is 1.71 bits per heavy atom. The zero-order valence-corrected chi connectivity index (χ0v) is 28.2. The van der Waals surface area contributed by atoms with Crippen LogP contribution in [-0.4, -0.2) is 79.3 Å². The van der Waals surface area contributed by atoms with Gasteiger partial charge in [-0.05, 0) is 61.9 Å². The molecule has 3 unspecified atom stereocenters. The zero-order chi connectivity index (χ0) is 35.3. The molecule has 48 heavy (non-hydrogen) atoms. The Morgan fingerprint density at radius 1 is 1.08 bits per heavy atom. The number of ketones is 4. The number of carbonyl (C=O) groups is 5. The summed E-state index contributed by atoms with van der Waals surface area (Å²) >= 11 is 0. The average Bonchev–Trinajstić information content (AvgIpc) is 3.02. The van der Waals surface area contributed by atoms with Crippen molar-refractivity contribution in [2.24, 2.45) is 29.4 Å². The van der Waals surface area contributed by atoms with Crippen molar-refractivity contribution in [3.05, 3.63) is 47.0 Å². The van der Waals surface area contributed by atoms with E-state index >= 15 is 0 Å². The first-order chi connectivity index (χ1) is 22.6.